The van der Waals surface area contributed by atoms with Crippen molar-refractivity contribution in [3.63, 3.8) is 0 Å². The first-order chi connectivity index (χ1) is 14.9. The molecule has 0 bridgehead atoms. The van der Waals surface area contributed by atoms with E-state index in [-0.39, 0.29) is 11.3 Å². The lowest BCUT2D eigenvalue weighted by Gasteiger charge is -2.18. The lowest BCUT2D eigenvalue weighted by atomic mass is 9.89. The van der Waals surface area contributed by atoms with Crippen LogP contribution in [0.2, 0.25) is 0 Å². The number of aromatic nitrogens is 1. The van der Waals surface area contributed by atoms with Crippen LogP contribution in [-0.2, 0) is 19.3 Å². The van der Waals surface area contributed by atoms with E-state index in [4.69, 9.17) is 9.47 Å². The molecule has 1 amide bonds. The number of aromatic hydroxyl groups is 1. The number of carbonyl (C=O) groups is 1. The molecule has 3 aromatic rings. The van der Waals surface area contributed by atoms with Crippen molar-refractivity contribution in [2.24, 2.45) is 5.92 Å². The summed E-state index contributed by atoms with van der Waals surface area (Å²) in [5, 5.41) is 14.2. The van der Waals surface area contributed by atoms with Gasteiger partial charge in [0.1, 0.15) is 16.1 Å². The molecule has 1 unspecified atom stereocenters. The molecule has 2 aromatic heterocycles. The van der Waals surface area contributed by atoms with Crippen molar-refractivity contribution < 1.29 is 19.4 Å². The Kier molecular flexibility index (Phi) is 5.91. The van der Waals surface area contributed by atoms with Crippen molar-refractivity contribution in [2.45, 2.75) is 32.6 Å². The minimum Gasteiger partial charge on any atom is -0.506 e. The smallest absolute Gasteiger partial charge is 0.265 e. The van der Waals surface area contributed by atoms with E-state index in [0.717, 1.165) is 30.4 Å². The van der Waals surface area contributed by atoms with E-state index in [2.05, 4.69) is 17.2 Å². The molecule has 31 heavy (non-hydrogen) atoms. The summed E-state index contributed by atoms with van der Waals surface area (Å²) < 4.78 is 10.5. The van der Waals surface area contributed by atoms with E-state index < -0.39 is 11.5 Å². The highest BCUT2D eigenvalue weighted by molar-refractivity contribution is 7.18. The molecule has 1 aliphatic carbocycles. The van der Waals surface area contributed by atoms with E-state index in [0.29, 0.717) is 40.6 Å². The SMILES string of the molecule is COc1ccc(CCNC(=O)c2c(O)c3c4c(sc3[nH]c2=O)CC(C)CC4)cc1OC. The number of nitrogens with one attached hydrogen (secondary N) is 2. The van der Waals surface area contributed by atoms with E-state index in [9.17, 15) is 14.7 Å². The molecule has 1 aromatic carbocycles. The fourth-order valence-corrected chi connectivity index (χ4v) is 5.55. The van der Waals surface area contributed by atoms with Gasteiger partial charge in [-0.2, -0.15) is 0 Å². The fraction of sp³-hybridized carbons (Fsp3) is 0.391. The Labute approximate surface area is 184 Å². The second-order valence-corrected chi connectivity index (χ2v) is 9.03. The van der Waals surface area contributed by atoms with E-state index in [1.54, 1.807) is 20.3 Å². The van der Waals surface area contributed by atoms with Gasteiger partial charge in [-0.05, 0) is 54.9 Å². The molecule has 2 heterocycles. The summed E-state index contributed by atoms with van der Waals surface area (Å²) in [7, 11) is 3.14. The Hall–Kier alpha value is -3.00. The first kappa shape index (κ1) is 21.2. The maximum Gasteiger partial charge on any atom is 0.265 e. The van der Waals surface area contributed by atoms with Gasteiger partial charge in [0, 0.05) is 11.4 Å². The topological polar surface area (TPSA) is 101 Å². The Balaban J connectivity index is 1.53. The van der Waals surface area contributed by atoms with Gasteiger partial charge < -0.3 is 24.9 Å². The normalized spacial score (nSPS) is 15.5. The molecule has 0 radical (unpaired) electrons. The van der Waals surface area contributed by atoms with Crippen molar-refractivity contribution in [1.29, 1.82) is 0 Å². The highest BCUT2D eigenvalue weighted by Gasteiger charge is 2.26. The van der Waals surface area contributed by atoms with E-state index in [1.165, 1.54) is 16.2 Å². The van der Waals surface area contributed by atoms with Gasteiger partial charge in [0.25, 0.3) is 11.5 Å². The lowest BCUT2D eigenvalue weighted by Crippen LogP contribution is -2.31. The molecular weight excluding hydrogens is 416 g/mol. The van der Waals surface area contributed by atoms with Crippen LogP contribution in [0.15, 0.2) is 23.0 Å². The minimum atomic E-state index is -0.578. The quantitative estimate of drug-likeness (QED) is 0.543. The summed E-state index contributed by atoms with van der Waals surface area (Å²) in [5.41, 5.74) is 1.22. The number of thiophene rings is 1. The highest BCUT2D eigenvalue weighted by atomic mass is 32.1. The number of pyridine rings is 1. The van der Waals surface area contributed by atoms with E-state index in [1.807, 2.05) is 12.1 Å². The molecule has 4 rings (SSSR count). The summed E-state index contributed by atoms with van der Waals surface area (Å²) in [6.45, 7) is 2.51. The van der Waals surface area contributed by atoms with Crippen LogP contribution in [0.4, 0.5) is 0 Å². The van der Waals surface area contributed by atoms with Gasteiger partial charge >= 0.3 is 0 Å². The number of aromatic amines is 1. The van der Waals surface area contributed by atoms with Crippen molar-refractivity contribution in [2.75, 3.05) is 20.8 Å². The van der Waals surface area contributed by atoms with Crippen LogP contribution in [0.25, 0.3) is 10.2 Å². The molecule has 3 N–H and O–H groups in total. The van der Waals surface area contributed by atoms with Gasteiger partial charge in [-0.25, -0.2) is 0 Å². The molecule has 0 saturated carbocycles. The number of methoxy groups -OCH3 is 2. The monoisotopic (exact) mass is 442 g/mol. The second kappa shape index (κ2) is 8.63. The zero-order chi connectivity index (χ0) is 22.1. The fourth-order valence-electron chi connectivity index (χ4n) is 4.14. The van der Waals surface area contributed by atoms with Gasteiger partial charge in [0.15, 0.2) is 11.5 Å². The van der Waals surface area contributed by atoms with Gasteiger partial charge in [-0.1, -0.05) is 13.0 Å². The third kappa shape index (κ3) is 3.99. The Morgan fingerprint density at radius 3 is 2.81 bits per heavy atom. The summed E-state index contributed by atoms with van der Waals surface area (Å²) in [5.74, 6) is 1.03. The van der Waals surface area contributed by atoms with Crippen LogP contribution >= 0.6 is 11.3 Å². The molecule has 0 saturated heterocycles. The minimum absolute atomic E-state index is 0.214. The third-order valence-corrected chi connectivity index (χ3v) is 6.98. The van der Waals surface area contributed by atoms with Crippen LogP contribution < -0.4 is 20.3 Å². The Morgan fingerprint density at radius 1 is 1.29 bits per heavy atom. The third-order valence-electron chi connectivity index (χ3n) is 5.81. The second-order valence-electron chi connectivity index (χ2n) is 7.93. The van der Waals surface area contributed by atoms with Crippen LogP contribution in [-0.4, -0.2) is 36.8 Å². The molecule has 1 aliphatic rings. The van der Waals surface area contributed by atoms with Crippen LogP contribution in [0, 0.1) is 5.92 Å². The number of benzene rings is 1. The average molecular weight is 443 g/mol. The number of aryl methyl sites for hydroxylation is 1. The van der Waals surface area contributed by atoms with Gasteiger partial charge in [-0.3, -0.25) is 9.59 Å². The molecular formula is C23H26N2O5S. The molecule has 0 spiro atoms. The number of amides is 1. The first-order valence-corrected chi connectivity index (χ1v) is 11.1. The van der Waals surface area contributed by atoms with Gasteiger partial charge in [-0.15, -0.1) is 11.3 Å². The molecule has 1 atom stereocenters. The maximum atomic E-state index is 12.8. The number of hydrogen-bond acceptors (Lipinski definition) is 6. The van der Waals surface area contributed by atoms with E-state index >= 15 is 0 Å². The summed E-state index contributed by atoms with van der Waals surface area (Å²) >= 11 is 1.50. The standard InChI is InChI=1S/C23H26N2O5S/c1-12-4-6-14-17(10-12)31-23-18(14)20(26)19(22(28)25-23)21(27)24-9-8-13-5-7-15(29-2)16(11-13)30-3/h5,7,11-12H,4,6,8-10H2,1-3H3,(H,24,27)(H2,25,26,28). The van der Waals surface area contributed by atoms with Crippen LogP contribution in [0.5, 0.6) is 17.2 Å². The Morgan fingerprint density at radius 2 is 2.06 bits per heavy atom. The molecule has 164 valence electrons. The van der Waals surface area contributed by atoms with Crippen molar-refractivity contribution in [3.05, 3.63) is 50.1 Å². The van der Waals surface area contributed by atoms with Gasteiger partial charge in [0.05, 0.1) is 19.6 Å². The molecule has 0 fully saturated rings. The van der Waals surface area contributed by atoms with Crippen LogP contribution in [0.3, 0.4) is 0 Å². The van der Waals surface area contributed by atoms with Crippen LogP contribution in [0.1, 0.15) is 39.7 Å². The maximum absolute atomic E-state index is 12.8. The lowest BCUT2D eigenvalue weighted by molar-refractivity contribution is 0.0950. The predicted molar refractivity (Wildman–Crippen MR) is 121 cm³/mol. The Bertz CT molecular complexity index is 1200. The average Bonchev–Trinajstić information content (AvgIpc) is 3.10. The number of H-pyrrole nitrogens is 1. The summed E-state index contributed by atoms with van der Waals surface area (Å²) in [6.07, 6.45) is 3.35. The summed E-state index contributed by atoms with van der Waals surface area (Å²) in [4.78, 5) is 29.9. The number of hydrogen-bond donors (Lipinski definition) is 3. The zero-order valence-electron chi connectivity index (χ0n) is 17.8. The number of carbonyl (C=O) groups excluding carboxylic acids is 1. The summed E-state index contributed by atoms with van der Waals surface area (Å²) in [6, 6.07) is 5.55. The van der Waals surface area contributed by atoms with Gasteiger partial charge in [0.2, 0.25) is 0 Å². The van der Waals surface area contributed by atoms with Crippen molar-refractivity contribution in [3.8, 4) is 17.2 Å². The molecule has 7 nitrogen and oxygen atoms in total. The molecule has 0 aliphatic heterocycles. The first-order valence-electron chi connectivity index (χ1n) is 10.3. The number of ether oxygens (including phenoxy) is 2. The predicted octanol–water partition coefficient (Wildman–Crippen LogP) is 3.41. The van der Waals surface area contributed by atoms with Crippen molar-refractivity contribution in [1.82, 2.24) is 10.3 Å². The number of fused-ring (bicyclic) bond motifs is 3. The molecule has 8 heteroatoms. The number of rotatable bonds is 6. The van der Waals surface area contributed by atoms with Crippen molar-refractivity contribution >= 4 is 27.5 Å². The largest absolute Gasteiger partial charge is 0.506 e. The zero-order valence-corrected chi connectivity index (χ0v) is 18.6. The highest BCUT2D eigenvalue weighted by Crippen LogP contribution is 2.41.